The van der Waals surface area contributed by atoms with Crippen molar-refractivity contribution in [1.29, 1.82) is 0 Å². The Morgan fingerprint density at radius 1 is 0.828 bits per heavy atom. The fraction of sp³-hybridized carbons (Fsp3) is 0.429. The second-order valence-electron chi connectivity index (χ2n) is 7.31. The SMILES string of the molecule is CCC1CCC(c2cc(F)c(C(F)(F)Oc3cc(F)c(F)c(F)c3)c(F)c2)CC1. The molecule has 2 aromatic rings. The molecule has 0 saturated heterocycles. The van der Waals surface area contributed by atoms with Crippen LogP contribution in [0.15, 0.2) is 24.3 Å². The molecule has 29 heavy (non-hydrogen) atoms. The van der Waals surface area contributed by atoms with Crippen LogP contribution in [-0.4, -0.2) is 0 Å². The lowest BCUT2D eigenvalue weighted by Gasteiger charge is -2.28. The zero-order chi connectivity index (χ0) is 21.3. The van der Waals surface area contributed by atoms with Gasteiger partial charge >= 0.3 is 6.11 Å². The van der Waals surface area contributed by atoms with Crippen molar-refractivity contribution >= 4 is 0 Å². The molecule has 1 aliphatic rings. The summed E-state index contributed by atoms with van der Waals surface area (Å²) in [5.74, 6) is -9.15. The summed E-state index contributed by atoms with van der Waals surface area (Å²) in [7, 11) is 0. The molecule has 1 fully saturated rings. The van der Waals surface area contributed by atoms with Gasteiger partial charge in [-0.2, -0.15) is 8.78 Å². The maximum Gasteiger partial charge on any atom is 0.432 e. The summed E-state index contributed by atoms with van der Waals surface area (Å²) in [5, 5.41) is 0. The van der Waals surface area contributed by atoms with Crippen molar-refractivity contribution in [1.82, 2.24) is 0 Å². The van der Waals surface area contributed by atoms with Crippen molar-refractivity contribution < 1.29 is 35.5 Å². The van der Waals surface area contributed by atoms with Crippen LogP contribution in [0.5, 0.6) is 5.75 Å². The highest BCUT2D eigenvalue weighted by molar-refractivity contribution is 5.33. The van der Waals surface area contributed by atoms with E-state index in [0.29, 0.717) is 18.8 Å². The van der Waals surface area contributed by atoms with Gasteiger partial charge in [0.05, 0.1) is 0 Å². The van der Waals surface area contributed by atoms with Gasteiger partial charge in [0.25, 0.3) is 0 Å². The number of halogens is 7. The number of hydrogen-bond acceptors (Lipinski definition) is 1. The molecule has 0 radical (unpaired) electrons. The smallest absolute Gasteiger partial charge is 0.429 e. The van der Waals surface area contributed by atoms with Gasteiger partial charge in [-0.15, -0.1) is 0 Å². The highest BCUT2D eigenvalue weighted by Gasteiger charge is 2.42. The molecule has 0 aromatic heterocycles. The highest BCUT2D eigenvalue weighted by Crippen LogP contribution is 2.40. The van der Waals surface area contributed by atoms with Gasteiger partial charge in [0.2, 0.25) is 0 Å². The normalized spacial score (nSPS) is 20.0. The average molecular weight is 420 g/mol. The number of benzene rings is 2. The lowest BCUT2D eigenvalue weighted by molar-refractivity contribution is -0.189. The van der Waals surface area contributed by atoms with E-state index in [-0.39, 0.29) is 23.6 Å². The van der Waals surface area contributed by atoms with E-state index in [9.17, 15) is 30.7 Å². The molecule has 1 aliphatic carbocycles. The minimum Gasteiger partial charge on any atom is -0.429 e. The van der Waals surface area contributed by atoms with Crippen LogP contribution in [-0.2, 0) is 6.11 Å². The Bertz CT molecular complexity index is 843. The number of ether oxygens (including phenoxy) is 1. The molecule has 158 valence electrons. The summed E-state index contributed by atoms with van der Waals surface area (Å²) in [5.41, 5.74) is -1.39. The van der Waals surface area contributed by atoms with Gasteiger partial charge in [-0.1, -0.05) is 13.3 Å². The average Bonchev–Trinajstić information content (AvgIpc) is 2.65. The van der Waals surface area contributed by atoms with E-state index in [1.165, 1.54) is 0 Å². The Labute approximate surface area is 163 Å². The van der Waals surface area contributed by atoms with Crippen LogP contribution in [0.3, 0.4) is 0 Å². The van der Waals surface area contributed by atoms with Crippen molar-refractivity contribution in [2.24, 2.45) is 5.92 Å². The van der Waals surface area contributed by atoms with E-state index >= 15 is 0 Å². The van der Waals surface area contributed by atoms with Crippen LogP contribution in [0.2, 0.25) is 0 Å². The zero-order valence-electron chi connectivity index (χ0n) is 15.6. The van der Waals surface area contributed by atoms with Crippen molar-refractivity contribution in [3.63, 3.8) is 0 Å². The molecule has 8 heteroatoms. The first-order valence-corrected chi connectivity index (χ1v) is 9.33. The summed E-state index contributed by atoms with van der Waals surface area (Å²) < 4.78 is 101. The summed E-state index contributed by atoms with van der Waals surface area (Å²) >= 11 is 0. The standard InChI is InChI=1S/C21H19F7O/c1-2-11-3-5-12(6-4-11)13-7-15(22)19(16(23)8-13)21(27,28)29-14-9-17(24)20(26)18(25)10-14/h7-12H,2-6H2,1H3. The maximum absolute atomic E-state index is 14.4. The molecule has 3 rings (SSSR count). The summed E-state index contributed by atoms with van der Waals surface area (Å²) in [6, 6.07) is 2.03. The fourth-order valence-corrected chi connectivity index (χ4v) is 3.80. The molecule has 0 heterocycles. The topological polar surface area (TPSA) is 9.23 Å². The maximum atomic E-state index is 14.4. The monoisotopic (exact) mass is 420 g/mol. The lowest BCUT2D eigenvalue weighted by atomic mass is 9.77. The van der Waals surface area contributed by atoms with Gasteiger partial charge in [0, 0.05) is 12.1 Å². The van der Waals surface area contributed by atoms with Crippen LogP contribution >= 0.6 is 0 Å². The van der Waals surface area contributed by atoms with E-state index in [1.54, 1.807) is 0 Å². The molecule has 0 spiro atoms. The quantitative estimate of drug-likeness (QED) is 0.367. The lowest BCUT2D eigenvalue weighted by Crippen LogP contribution is -2.26. The molecular weight excluding hydrogens is 401 g/mol. The van der Waals surface area contributed by atoms with Crippen LogP contribution < -0.4 is 4.74 Å². The first-order valence-electron chi connectivity index (χ1n) is 9.33. The highest BCUT2D eigenvalue weighted by atomic mass is 19.3. The van der Waals surface area contributed by atoms with Crippen LogP contribution in [0.4, 0.5) is 30.7 Å². The fourth-order valence-electron chi connectivity index (χ4n) is 3.80. The molecule has 0 amide bonds. The molecule has 1 saturated carbocycles. The Balaban J connectivity index is 1.86. The predicted molar refractivity (Wildman–Crippen MR) is 92.2 cm³/mol. The van der Waals surface area contributed by atoms with Crippen molar-refractivity contribution in [2.45, 2.75) is 51.1 Å². The number of alkyl halides is 2. The third-order valence-corrected chi connectivity index (χ3v) is 5.45. The third kappa shape index (κ3) is 4.51. The minimum atomic E-state index is -4.57. The van der Waals surface area contributed by atoms with Crippen LogP contribution in [0.1, 0.15) is 56.1 Å². The number of rotatable bonds is 5. The van der Waals surface area contributed by atoms with E-state index in [0.717, 1.165) is 31.4 Å². The van der Waals surface area contributed by atoms with Gasteiger partial charge in [0.15, 0.2) is 17.5 Å². The Hall–Kier alpha value is -2.25. The predicted octanol–water partition coefficient (Wildman–Crippen LogP) is 7.19. The van der Waals surface area contributed by atoms with Gasteiger partial charge in [-0.25, -0.2) is 22.0 Å². The zero-order valence-corrected chi connectivity index (χ0v) is 15.6. The van der Waals surface area contributed by atoms with E-state index in [2.05, 4.69) is 11.7 Å². The Morgan fingerprint density at radius 3 is 1.83 bits per heavy atom. The van der Waals surface area contributed by atoms with Gasteiger partial charge < -0.3 is 4.74 Å². The van der Waals surface area contributed by atoms with Crippen molar-refractivity contribution in [3.05, 3.63) is 64.5 Å². The van der Waals surface area contributed by atoms with Crippen LogP contribution in [0, 0.1) is 35.0 Å². The third-order valence-electron chi connectivity index (χ3n) is 5.45. The van der Waals surface area contributed by atoms with Crippen LogP contribution in [0.25, 0.3) is 0 Å². The Morgan fingerprint density at radius 2 is 1.34 bits per heavy atom. The molecule has 0 aliphatic heterocycles. The van der Waals surface area contributed by atoms with Gasteiger partial charge in [-0.3, -0.25) is 0 Å². The second-order valence-corrected chi connectivity index (χ2v) is 7.31. The first kappa shape index (κ1) is 21.5. The summed E-state index contributed by atoms with van der Waals surface area (Å²) in [4.78, 5) is 0. The van der Waals surface area contributed by atoms with Crippen molar-refractivity contribution in [3.8, 4) is 5.75 Å². The molecule has 1 nitrogen and oxygen atoms in total. The molecule has 0 atom stereocenters. The van der Waals surface area contributed by atoms with Crippen molar-refractivity contribution in [2.75, 3.05) is 0 Å². The summed E-state index contributed by atoms with van der Waals surface area (Å²) in [6.07, 6.45) is -0.346. The van der Waals surface area contributed by atoms with E-state index in [1.807, 2.05) is 0 Å². The molecule has 0 N–H and O–H groups in total. The largest absolute Gasteiger partial charge is 0.432 e. The molecule has 2 aromatic carbocycles. The first-order chi connectivity index (χ1) is 13.6. The van der Waals surface area contributed by atoms with E-state index < -0.39 is 46.5 Å². The summed E-state index contributed by atoms with van der Waals surface area (Å²) in [6.45, 7) is 2.07. The second kappa shape index (κ2) is 8.24. The van der Waals surface area contributed by atoms with Gasteiger partial charge in [-0.05, 0) is 55.2 Å². The molecular formula is C21H19F7O. The molecule has 0 bridgehead atoms. The Kier molecular flexibility index (Phi) is 6.10. The minimum absolute atomic E-state index is 0.134. The van der Waals surface area contributed by atoms with E-state index in [4.69, 9.17) is 0 Å². The number of hydrogen-bond donors (Lipinski definition) is 0. The molecule has 0 unspecified atom stereocenters. The van der Waals surface area contributed by atoms with Gasteiger partial charge in [0.1, 0.15) is 22.9 Å².